The highest BCUT2D eigenvalue weighted by atomic mass is 32.2. The maximum absolute atomic E-state index is 6.16. The highest BCUT2D eigenvalue weighted by Gasteiger charge is 2.32. The third-order valence-electron chi connectivity index (χ3n) is 4.99. The van der Waals surface area contributed by atoms with Crippen LogP contribution >= 0.6 is 11.8 Å². The second-order valence-corrected chi connectivity index (χ2v) is 7.49. The predicted octanol–water partition coefficient (Wildman–Crippen LogP) is 2.77. The monoisotopic (exact) mass is 328 g/mol. The Morgan fingerprint density at radius 1 is 1.17 bits per heavy atom. The van der Waals surface area contributed by atoms with Crippen LogP contribution in [0.5, 0.6) is 0 Å². The predicted molar refractivity (Wildman–Crippen MR) is 98.7 cm³/mol. The van der Waals surface area contributed by atoms with Crippen molar-refractivity contribution in [2.75, 3.05) is 38.5 Å². The van der Waals surface area contributed by atoms with Crippen LogP contribution in [0.1, 0.15) is 24.8 Å². The Bertz CT molecular complexity index is 640. The molecule has 0 amide bonds. The smallest absolute Gasteiger partial charge is 0.106 e. The van der Waals surface area contributed by atoms with Gasteiger partial charge in [0.25, 0.3) is 0 Å². The van der Waals surface area contributed by atoms with E-state index in [2.05, 4.69) is 21.9 Å². The molecule has 0 spiro atoms. The van der Waals surface area contributed by atoms with Crippen molar-refractivity contribution in [3.8, 4) is 0 Å². The molecule has 0 bridgehead atoms. The lowest BCUT2D eigenvalue weighted by Gasteiger charge is -2.39. The first-order chi connectivity index (χ1) is 11.3. The van der Waals surface area contributed by atoms with Crippen LogP contribution in [0.3, 0.4) is 0 Å². The molecular weight excluding hydrogens is 304 g/mol. The number of rotatable bonds is 2. The van der Waals surface area contributed by atoms with E-state index in [0.717, 1.165) is 48.4 Å². The Hall–Kier alpha value is -1.46. The van der Waals surface area contributed by atoms with E-state index in [9.17, 15) is 0 Å². The summed E-state index contributed by atoms with van der Waals surface area (Å²) in [6, 6.07) is 8.82. The van der Waals surface area contributed by atoms with Gasteiger partial charge in [-0.1, -0.05) is 36.0 Å². The summed E-state index contributed by atoms with van der Waals surface area (Å²) in [6.07, 6.45) is 6.09. The van der Waals surface area contributed by atoms with Crippen LogP contribution in [-0.4, -0.2) is 53.6 Å². The fourth-order valence-electron chi connectivity index (χ4n) is 3.74. The number of thioether (sulfide) groups is 1. The van der Waals surface area contributed by atoms with Crippen LogP contribution in [0.4, 0.5) is 5.69 Å². The van der Waals surface area contributed by atoms with Crippen molar-refractivity contribution in [3.63, 3.8) is 0 Å². The molecule has 3 aliphatic rings. The number of nitrogens with zero attached hydrogens (tertiary/aromatic N) is 3. The minimum atomic E-state index is 0.746. The van der Waals surface area contributed by atoms with Crippen molar-refractivity contribution >= 4 is 22.5 Å². The van der Waals surface area contributed by atoms with Crippen LogP contribution in [0.15, 0.2) is 40.4 Å². The quantitative estimate of drug-likeness (QED) is 0.848. The molecule has 3 aliphatic heterocycles. The second kappa shape index (κ2) is 6.57. The van der Waals surface area contributed by atoms with Gasteiger partial charge in [-0.05, 0) is 31.9 Å². The summed E-state index contributed by atoms with van der Waals surface area (Å²) in [5.41, 5.74) is 8.06. The number of hydrogen-bond donors (Lipinski definition) is 1. The van der Waals surface area contributed by atoms with E-state index < -0.39 is 0 Å². The average Bonchev–Trinajstić information content (AvgIpc) is 2.91. The number of hydrogen-bond acceptors (Lipinski definition) is 5. The molecule has 3 heterocycles. The van der Waals surface area contributed by atoms with Crippen molar-refractivity contribution in [3.05, 3.63) is 40.9 Å². The van der Waals surface area contributed by atoms with E-state index in [-0.39, 0.29) is 0 Å². The van der Waals surface area contributed by atoms with Crippen LogP contribution in [0.2, 0.25) is 0 Å². The van der Waals surface area contributed by atoms with E-state index in [1.165, 1.54) is 31.0 Å². The molecule has 23 heavy (non-hydrogen) atoms. The summed E-state index contributed by atoms with van der Waals surface area (Å²) in [4.78, 5) is 10.00. The molecule has 4 nitrogen and oxygen atoms in total. The van der Waals surface area contributed by atoms with Gasteiger partial charge >= 0.3 is 0 Å². The number of anilines is 1. The highest BCUT2D eigenvalue weighted by Crippen LogP contribution is 2.33. The van der Waals surface area contributed by atoms with Gasteiger partial charge < -0.3 is 10.6 Å². The minimum absolute atomic E-state index is 0.746. The largest absolute Gasteiger partial charge is 0.398 e. The zero-order chi connectivity index (χ0) is 15.6. The SMILES string of the molecule is Nc1ccccc1C1=NCCC=C(N2CCN3CCC[C@H]3C2)S1. The number of nitrogens with two attached hydrogens (primary N) is 1. The third kappa shape index (κ3) is 3.12. The van der Waals surface area contributed by atoms with Crippen molar-refractivity contribution in [2.45, 2.75) is 25.3 Å². The van der Waals surface area contributed by atoms with Crippen molar-refractivity contribution in [2.24, 2.45) is 4.99 Å². The fraction of sp³-hybridized carbons (Fsp3) is 0.500. The summed E-state index contributed by atoms with van der Waals surface area (Å²) >= 11 is 1.80. The second-order valence-electron chi connectivity index (χ2n) is 6.49. The first-order valence-corrected chi connectivity index (χ1v) is 9.39. The third-order valence-corrected chi connectivity index (χ3v) is 6.17. The van der Waals surface area contributed by atoms with Crippen LogP contribution < -0.4 is 5.73 Å². The zero-order valence-electron chi connectivity index (χ0n) is 13.4. The lowest BCUT2D eigenvalue weighted by molar-refractivity contribution is 0.135. The summed E-state index contributed by atoms with van der Waals surface area (Å²) < 4.78 is 0. The highest BCUT2D eigenvalue weighted by molar-refractivity contribution is 8.17. The number of fused-ring (bicyclic) bond motifs is 1. The summed E-state index contributed by atoms with van der Waals surface area (Å²) in [5.74, 6) is 0. The van der Waals surface area contributed by atoms with Crippen molar-refractivity contribution in [1.82, 2.24) is 9.80 Å². The molecule has 0 aliphatic carbocycles. The molecule has 1 atom stereocenters. The first kappa shape index (κ1) is 15.1. The van der Waals surface area contributed by atoms with Crippen LogP contribution in [0, 0.1) is 0 Å². The molecule has 1 aromatic carbocycles. The molecule has 4 rings (SSSR count). The summed E-state index contributed by atoms with van der Waals surface area (Å²) in [5, 5.41) is 2.44. The Morgan fingerprint density at radius 2 is 2.09 bits per heavy atom. The molecule has 2 N–H and O–H groups in total. The van der Waals surface area contributed by atoms with E-state index in [1.807, 2.05) is 18.2 Å². The fourth-order valence-corrected chi connectivity index (χ4v) is 4.89. The lowest BCUT2D eigenvalue weighted by Crippen LogP contribution is -2.49. The van der Waals surface area contributed by atoms with Crippen molar-refractivity contribution in [1.29, 1.82) is 0 Å². The molecule has 5 heteroatoms. The normalized spacial score (nSPS) is 25.6. The molecule has 0 aromatic heterocycles. The van der Waals surface area contributed by atoms with Gasteiger partial charge in [0.2, 0.25) is 0 Å². The molecule has 0 saturated carbocycles. The maximum atomic E-state index is 6.16. The standard InChI is InChI=1S/C18H24N4S/c19-16-7-2-1-6-15(16)18-20-9-3-8-17(23-18)22-12-11-21-10-4-5-14(21)13-22/h1-2,6-8,14H,3-5,9-13,19H2/t14-/m0/s1. The number of nitrogen functional groups attached to an aromatic ring is 1. The van der Waals surface area contributed by atoms with Gasteiger partial charge in [0.1, 0.15) is 5.04 Å². The van der Waals surface area contributed by atoms with Gasteiger partial charge in [0, 0.05) is 43.5 Å². The molecule has 2 fully saturated rings. The molecule has 2 saturated heterocycles. The van der Waals surface area contributed by atoms with Gasteiger partial charge in [-0.25, -0.2) is 0 Å². The summed E-state index contributed by atoms with van der Waals surface area (Å²) in [6.45, 7) is 5.63. The van der Waals surface area contributed by atoms with Crippen LogP contribution in [-0.2, 0) is 0 Å². The number of benzene rings is 1. The zero-order valence-corrected chi connectivity index (χ0v) is 14.3. The number of para-hydroxylation sites is 1. The average molecular weight is 328 g/mol. The lowest BCUT2D eigenvalue weighted by atomic mass is 10.1. The van der Waals surface area contributed by atoms with Gasteiger partial charge in [-0.3, -0.25) is 9.89 Å². The van der Waals surface area contributed by atoms with Crippen LogP contribution in [0.25, 0.3) is 0 Å². The molecular formula is C18H24N4S. The first-order valence-electron chi connectivity index (χ1n) is 8.57. The van der Waals surface area contributed by atoms with Crippen molar-refractivity contribution < 1.29 is 0 Å². The molecule has 0 radical (unpaired) electrons. The van der Waals surface area contributed by atoms with Gasteiger partial charge in [-0.2, -0.15) is 0 Å². The van der Waals surface area contributed by atoms with Gasteiger partial charge in [-0.15, -0.1) is 0 Å². The van der Waals surface area contributed by atoms with Gasteiger partial charge in [0.05, 0.1) is 5.03 Å². The minimum Gasteiger partial charge on any atom is -0.398 e. The van der Waals surface area contributed by atoms with E-state index in [4.69, 9.17) is 10.7 Å². The van der Waals surface area contributed by atoms with Gasteiger partial charge in [0.15, 0.2) is 0 Å². The molecule has 122 valence electrons. The summed E-state index contributed by atoms with van der Waals surface area (Å²) in [7, 11) is 0. The Kier molecular flexibility index (Phi) is 4.31. The Morgan fingerprint density at radius 3 is 3.00 bits per heavy atom. The number of aliphatic imine (C=N–C) groups is 1. The maximum Gasteiger partial charge on any atom is 0.106 e. The van der Waals surface area contributed by atoms with E-state index in [0.29, 0.717) is 0 Å². The topological polar surface area (TPSA) is 44.9 Å². The molecule has 1 aromatic rings. The number of piperazine rings is 1. The Labute approximate surface area is 142 Å². The van der Waals surface area contributed by atoms with E-state index in [1.54, 1.807) is 11.8 Å². The molecule has 0 unspecified atom stereocenters. The van der Waals surface area contributed by atoms with E-state index >= 15 is 0 Å². The Balaban J connectivity index is 1.52.